The van der Waals surface area contributed by atoms with Crippen LogP contribution in [0.1, 0.15) is 16.7 Å². The van der Waals surface area contributed by atoms with E-state index in [1.165, 1.54) is 17.1 Å². The number of nitrogens with one attached hydrogen (secondary N) is 1. The molecule has 5 N–H and O–H groups in total. The average Bonchev–Trinajstić information content (AvgIpc) is 2.55. The molecule has 0 bridgehead atoms. The van der Waals surface area contributed by atoms with Crippen molar-refractivity contribution in [2.45, 2.75) is 6.92 Å². The molecule has 0 atom stereocenters. The van der Waals surface area contributed by atoms with Gasteiger partial charge in [0.05, 0.1) is 5.69 Å². The van der Waals surface area contributed by atoms with Crippen molar-refractivity contribution in [2.24, 2.45) is 11.7 Å². The summed E-state index contributed by atoms with van der Waals surface area (Å²) < 4.78 is 14.3. The molecule has 0 spiro atoms. The Hall–Kier alpha value is -2.15. The maximum atomic E-state index is 13.4. The first-order chi connectivity index (χ1) is 10.9. The molecule has 0 saturated carbocycles. The van der Waals surface area contributed by atoms with E-state index < -0.39 is 0 Å². The van der Waals surface area contributed by atoms with Crippen molar-refractivity contribution < 1.29 is 4.39 Å². The van der Waals surface area contributed by atoms with Crippen molar-refractivity contribution in [3.63, 3.8) is 0 Å². The first-order valence-corrected chi connectivity index (χ1v) is 7.66. The molecular weight excluding hydrogens is 359 g/mol. The smallest absolute Gasteiger partial charge is 0.127 e. The Bertz CT molecular complexity index is 758. The fraction of sp³-hybridized carbons (Fsp3) is 0.0588. The largest absolute Gasteiger partial charge is 0.309 e. The Kier molecular flexibility index (Phi) is 5.54. The van der Waals surface area contributed by atoms with Crippen LogP contribution in [0.3, 0.4) is 0 Å². The van der Waals surface area contributed by atoms with E-state index in [4.69, 9.17) is 11.7 Å². The molecule has 120 valence electrons. The maximum Gasteiger partial charge on any atom is 0.127 e. The van der Waals surface area contributed by atoms with Crippen molar-refractivity contribution in [3.8, 4) is 0 Å². The van der Waals surface area contributed by atoms with Gasteiger partial charge in [0, 0.05) is 10.0 Å². The molecular formula is C17H18BrFN4. The quantitative estimate of drug-likeness (QED) is 0.423. The van der Waals surface area contributed by atoms with E-state index in [2.05, 4.69) is 27.9 Å². The second kappa shape index (κ2) is 7.41. The molecule has 0 fully saturated rings. The van der Waals surface area contributed by atoms with E-state index in [1.807, 2.05) is 37.3 Å². The highest BCUT2D eigenvalue weighted by Gasteiger charge is 2.11. The molecule has 0 radical (unpaired) electrons. The van der Waals surface area contributed by atoms with Crippen LogP contribution in [0, 0.1) is 12.7 Å². The lowest BCUT2D eigenvalue weighted by Crippen LogP contribution is -2.39. The minimum absolute atomic E-state index is 0.274. The van der Waals surface area contributed by atoms with Crippen LogP contribution in [-0.4, -0.2) is 0 Å². The summed E-state index contributed by atoms with van der Waals surface area (Å²) in [5.74, 6) is 11.4. The van der Waals surface area contributed by atoms with Crippen LogP contribution in [-0.2, 0) is 0 Å². The molecule has 2 rings (SSSR count). The van der Waals surface area contributed by atoms with Gasteiger partial charge in [-0.1, -0.05) is 46.8 Å². The van der Waals surface area contributed by atoms with Crippen molar-refractivity contribution in [3.05, 3.63) is 75.8 Å². The van der Waals surface area contributed by atoms with Gasteiger partial charge < -0.3 is 5.43 Å². The number of hydrogen-bond donors (Lipinski definition) is 3. The summed E-state index contributed by atoms with van der Waals surface area (Å²) in [5.41, 5.74) is 5.73. The van der Waals surface area contributed by atoms with E-state index in [1.54, 1.807) is 6.07 Å². The van der Waals surface area contributed by atoms with Crippen LogP contribution >= 0.6 is 15.9 Å². The molecule has 0 unspecified atom stereocenters. The van der Waals surface area contributed by atoms with Crippen LogP contribution in [0.2, 0.25) is 0 Å². The summed E-state index contributed by atoms with van der Waals surface area (Å²) in [5, 5.41) is 1.35. The second-order valence-electron chi connectivity index (χ2n) is 4.97. The first-order valence-electron chi connectivity index (χ1n) is 6.87. The number of rotatable bonds is 5. The Balaban J connectivity index is 2.45. The van der Waals surface area contributed by atoms with Gasteiger partial charge in [-0.2, -0.15) is 0 Å². The average molecular weight is 377 g/mol. The van der Waals surface area contributed by atoms with E-state index in [0.29, 0.717) is 11.5 Å². The number of benzene rings is 2. The van der Waals surface area contributed by atoms with E-state index in [0.717, 1.165) is 21.2 Å². The lowest BCUT2D eigenvalue weighted by molar-refractivity contribution is 0.627. The number of nitrogens with zero attached hydrogens (tertiary/aromatic N) is 1. The molecule has 0 aliphatic carbocycles. The highest BCUT2D eigenvalue weighted by atomic mass is 79.9. The first kappa shape index (κ1) is 17.2. The molecule has 0 saturated heterocycles. The molecule has 0 heterocycles. The predicted molar refractivity (Wildman–Crippen MR) is 97.3 cm³/mol. The number of nitrogens with two attached hydrogens (primary N) is 2. The fourth-order valence-corrected chi connectivity index (χ4v) is 2.57. The molecule has 6 heteroatoms. The Morgan fingerprint density at radius 1 is 1.30 bits per heavy atom. The predicted octanol–water partition coefficient (Wildman–Crippen LogP) is 3.68. The normalized spacial score (nSPS) is 10.8. The van der Waals surface area contributed by atoms with Gasteiger partial charge in [-0.15, -0.1) is 0 Å². The summed E-state index contributed by atoms with van der Waals surface area (Å²) >= 11 is 3.50. The van der Waals surface area contributed by atoms with Crippen molar-refractivity contribution in [1.29, 1.82) is 0 Å². The second-order valence-corrected chi connectivity index (χ2v) is 5.82. The lowest BCUT2D eigenvalue weighted by Gasteiger charge is -2.22. The highest BCUT2D eigenvalue weighted by Crippen LogP contribution is 2.30. The Labute approximate surface area is 143 Å². The molecule has 0 aliphatic heterocycles. The lowest BCUT2D eigenvalue weighted by atomic mass is 10.1. The van der Waals surface area contributed by atoms with E-state index in [-0.39, 0.29) is 5.82 Å². The number of halogens is 2. The minimum Gasteiger partial charge on any atom is -0.309 e. The van der Waals surface area contributed by atoms with Crippen molar-refractivity contribution in [2.75, 3.05) is 5.01 Å². The SMILES string of the molecule is C=C(NN)N(N)c1cccc(Br)c1/C=C/c1cc(F)ccc1C. The van der Waals surface area contributed by atoms with Gasteiger partial charge in [0.15, 0.2) is 0 Å². The molecule has 23 heavy (non-hydrogen) atoms. The minimum atomic E-state index is -0.274. The molecule has 2 aromatic rings. The van der Waals surface area contributed by atoms with Crippen molar-refractivity contribution in [1.82, 2.24) is 5.43 Å². The summed E-state index contributed by atoms with van der Waals surface area (Å²) in [6, 6.07) is 10.3. The van der Waals surface area contributed by atoms with E-state index >= 15 is 0 Å². The number of hydrazine groups is 2. The third-order valence-corrected chi connectivity index (χ3v) is 4.11. The zero-order valence-electron chi connectivity index (χ0n) is 12.7. The van der Waals surface area contributed by atoms with Gasteiger partial charge in [0.2, 0.25) is 0 Å². The zero-order chi connectivity index (χ0) is 17.0. The number of aryl methyl sites for hydroxylation is 1. The van der Waals surface area contributed by atoms with Gasteiger partial charge in [-0.05, 0) is 42.3 Å². The van der Waals surface area contributed by atoms with Gasteiger partial charge in [0.25, 0.3) is 0 Å². The summed E-state index contributed by atoms with van der Waals surface area (Å²) in [6.45, 7) is 5.67. The van der Waals surface area contributed by atoms with Gasteiger partial charge in [-0.3, -0.25) is 5.01 Å². The van der Waals surface area contributed by atoms with Crippen LogP contribution in [0.15, 0.2) is 53.3 Å². The maximum absolute atomic E-state index is 13.4. The monoisotopic (exact) mass is 376 g/mol. The summed E-state index contributed by atoms with van der Waals surface area (Å²) in [7, 11) is 0. The number of anilines is 1. The molecule has 0 amide bonds. The van der Waals surface area contributed by atoms with Crippen LogP contribution in [0.25, 0.3) is 12.2 Å². The highest BCUT2D eigenvalue weighted by molar-refractivity contribution is 9.10. The Morgan fingerprint density at radius 3 is 2.74 bits per heavy atom. The topological polar surface area (TPSA) is 67.3 Å². The van der Waals surface area contributed by atoms with Crippen molar-refractivity contribution >= 4 is 33.8 Å². The van der Waals surface area contributed by atoms with Gasteiger partial charge >= 0.3 is 0 Å². The molecule has 0 aromatic heterocycles. The summed E-state index contributed by atoms with van der Waals surface area (Å²) in [4.78, 5) is 0. The zero-order valence-corrected chi connectivity index (χ0v) is 14.3. The van der Waals surface area contributed by atoms with Gasteiger partial charge in [-0.25, -0.2) is 16.1 Å². The van der Waals surface area contributed by atoms with Crippen LogP contribution in [0.4, 0.5) is 10.1 Å². The van der Waals surface area contributed by atoms with E-state index in [9.17, 15) is 4.39 Å². The third-order valence-electron chi connectivity index (χ3n) is 3.42. The molecule has 4 nitrogen and oxygen atoms in total. The summed E-state index contributed by atoms with van der Waals surface area (Å²) in [6.07, 6.45) is 3.71. The molecule has 2 aromatic carbocycles. The number of hydrogen-bond acceptors (Lipinski definition) is 4. The van der Waals surface area contributed by atoms with Crippen LogP contribution in [0.5, 0.6) is 0 Å². The standard InChI is InChI=1S/C17H18BrFN4/c1-11-6-8-14(19)10-13(11)7-9-15-16(18)4-3-5-17(15)23(21)12(2)22-20/h3-10,22H,2,20-21H2,1H3/b9-7+. The van der Waals surface area contributed by atoms with Gasteiger partial charge in [0.1, 0.15) is 11.6 Å². The third kappa shape index (κ3) is 3.98. The fourth-order valence-electron chi connectivity index (χ4n) is 2.08. The molecule has 0 aliphatic rings. The Morgan fingerprint density at radius 2 is 2.04 bits per heavy atom. The van der Waals surface area contributed by atoms with Crippen LogP contribution < -0.4 is 22.1 Å².